The molecule has 0 radical (unpaired) electrons. The van der Waals surface area contributed by atoms with Crippen molar-refractivity contribution in [1.82, 2.24) is 0 Å². The van der Waals surface area contributed by atoms with Gasteiger partial charge in [0.05, 0.1) is 12.7 Å². The normalized spacial score (nSPS) is 10.8. The molecule has 0 saturated heterocycles. The monoisotopic (exact) mass is 345 g/mol. The summed E-state index contributed by atoms with van der Waals surface area (Å²) in [5.74, 6) is -0.526. The van der Waals surface area contributed by atoms with Crippen molar-refractivity contribution in [2.75, 3.05) is 5.32 Å². The molecule has 26 heavy (non-hydrogen) atoms. The average Bonchev–Trinajstić information content (AvgIpc) is 3.05. The summed E-state index contributed by atoms with van der Waals surface area (Å²) in [4.78, 5) is 12.3. The second-order valence-electron chi connectivity index (χ2n) is 6.07. The first kappa shape index (κ1) is 16.1. The van der Waals surface area contributed by atoms with Gasteiger partial charge in [0.25, 0.3) is 0 Å². The number of carbonyl (C=O) groups excluding carboxylic acids is 1. The van der Waals surface area contributed by atoms with E-state index in [1.165, 1.54) is 18.4 Å². The molecule has 1 heterocycles. The van der Waals surface area contributed by atoms with Crippen molar-refractivity contribution in [1.29, 1.82) is 0 Å². The van der Waals surface area contributed by atoms with Crippen LogP contribution in [0.3, 0.4) is 0 Å². The third kappa shape index (κ3) is 3.35. The Kier molecular flexibility index (Phi) is 4.23. The lowest BCUT2D eigenvalue weighted by Crippen LogP contribution is -2.14. The van der Waals surface area contributed by atoms with Crippen molar-refractivity contribution < 1.29 is 13.6 Å². The largest absolute Gasteiger partial charge is 0.464 e. The molecule has 1 aromatic heterocycles. The van der Waals surface area contributed by atoms with Gasteiger partial charge in [0.15, 0.2) is 0 Å². The van der Waals surface area contributed by atoms with Gasteiger partial charge in [-0.25, -0.2) is 4.39 Å². The van der Waals surface area contributed by atoms with Gasteiger partial charge in [0.1, 0.15) is 11.4 Å². The van der Waals surface area contributed by atoms with Crippen molar-refractivity contribution >= 4 is 22.6 Å². The predicted octanol–water partition coefficient (Wildman–Crippen LogP) is 5.42. The maximum atomic E-state index is 13.4. The summed E-state index contributed by atoms with van der Waals surface area (Å²) in [5, 5.41) is 3.49. The van der Waals surface area contributed by atoms with E-state index in [0.717, 1.165) is 11.1 Å². The number of hydrogen-bond donors (Lipinski definition) is 1. The number of furan rings is 1. The summed E-state index contributed by atoms with van der Waals surface area (Å²) in [6.07, 6.45) is 1.62. The Morgan fingerprint density at radius 3 is 2.42 bits per heavy atom. The molecule has 0 saturated carbocycles. The Morgan fingerprint density at radius 2 is 1.65 bits per heavy atom. The SMILES string of the molecule is O=C(Cc1coc2ccc(F)cc12)Nc1ccc(-c2ccccc2)cc1. The maximum Gasteiger partial charge on any atom is 0.228 e. The van der Waals surface area contributed by atoms with Crippen LogP contribution in [-0.4, -0.2) is 5.91 Å². The number of anilines is 1. The Hall–Kier alpha value is -3.40. The number of amides is 1. The van der Waals surface area contributed by atoms with Gasteiger partial charge in [-0.05, 0) is 41.5 Å². The molecule has 3 nitrogen and oxygen atoms in total. The topological polar surface area (TPSA) is 42.2 Å². The fourth-order valence-electron chi connectivity index (χ4n) is 2.95. The minimum absolute atomic E-state index is 0.122. The van der Waals surface area contributed by atoms with Crippen LogP contribution in [0.1, 0.15) is 5.56 Å². The van der Waals surface area contributed by atoms with Crippen LogP contribution in [0.15, 0.2) is 83.5 Å². The van der Waals surface area contributed by atoms with Crippen LogP contribution in [0.2, 0.25) is 0 Å². The van der Waals surface area contributed by atoms with E-state index in [9.17, 15) is 9.18 Å². The van der Waals surface area contributed by atoms with E-state index in [-0.39, 0.29) is 18.1 Å². The molecule has 4 aromatic rings. The van der Waals surface area contributed by atoms with E-state index in [1.807, 2.05) is 54.6 Å². The van der Waals surface area contributed by atoms with Crippen LogP contribution < -0.4 is 5.32 Å². The minimum Gasteiger partial charge on any atom is -0.464 e. The minimum atomic E-state index is -0.350. The number of rotatable bonds is 4. The molecule has 128 valence electrons. The highest BCUT2D eigenvalue weighted by Gasteiger charge is 2.11. The van der Waals surface area contributed by atoms with Crippen LogP contribution in [0.5, 0.6) is 0 Å². The molecule has 0 spiro atoms. The van der Waals surface area contributed by atoms with Crippen molar-refractivity contribution in [2.24, 2.45) is 0 Å². The van der Waals surface area contributed by atoms with E-state index in [1.54, 1.807) is 6.07 Å². The Bertz CT molecular complexity index is 1050. The van der Waals surface area contributed by atoms with Crippen LogP contribution in [0.25, 0.3) is 22.1 Å². The molecule has 0 aliphatic carbocycles. The molecule has 4 heteroatoms. The first-order valence-electron chi connectivity index (χ1n) is 8.30. The van der Waals surface area contributed by atoms with Crippen molar-refractivity contribution in [3.05, 3.63) is 90.4 Å². The molecule has 0 aliphatic heterocycles. The smallest absolute Gasteiger partial charge is 0.228 e. The highest BCUT2D eigenvalue weighted by atomic mass is 19.1. The highest BCUT2D eigenvalue weighted by molar-refractivity contribution is 5.95. The van der Waals surface area contributed by atoms with Crippen molar-refractivity contribution in [3.8, 4) is 11.1 Å². The summed E-state index contributed by atoms with van der Waals surface area (Å²) >= 11 is 0. The van der Waals surface area contributed by atoms with Gasteiger partial charge < -0.3 is 9.73 Å². The van der Waals surface area contributed by atoms with Gasteiger partial charge in [-0.15, -0.1) is 0 Å². The van der Waals surface area contributed by atoms with Gasteiger partial charge in [-0.3, -0.25) is 4.79 Å². The summed E-state index contributed by atoms with van der Waals surface area (Å²) in [6.45, 7) is 0. The Balaban J connectivity index is 1.47. The first-order chi connectivity index (χ1) is 12.7. The standard InChI is InChI=1S/C22H16FNO2/c23-18-8-11-21-20(13-18)17(14-26-21)12-22(25)24-19-9-6-16(7-10-19)15-4-2-1-3-5-15/h1-11,13-14H,12H2,(H,24,25). The van der Waals surface area contributed by atoms with Gasteiger partial charge in [-0.1, -0.05) is 42.5 Å². The van der Waals surface area contributed by atoms with Crippen molar-refractivity contribution in [2.45, 2.75) is 6.42 Å². The third-order valence-electron chi connectivity index (χ3n) is 4.24. The fourth-order valence-corrected chi connectivity index (χ4v) is 2.95. The zero-order valence-electron chi connectivity index (χ0n) is 13.9. The lowest BCUT2D eigenvalue weighted by molar-refractivity contribution is -0.115. The molecule has 0 aliphatic rings. The lowest BCUT2D eigenvalue weighted by atomic mass is 10.1. The molecule has 4 rings (SSSR count). The molecule has 0 fully saturated rings. The molecule has 0 unspecified atom stereocenters. The Morgan fingerprint density at radius 1 is 0.923 bits per heavy atom. The van der Waals surface area contributed by atoms with Gasteiger partial charge in [0, 0.05) is 16.6 Å². The van der Waals surface area contributed by atoms with Crippen LogP contribution in [0, 0.1) is 5.82 Å². The number of nitrogens with one attached hydrogen (secondary N) is 1. The van der Waals surface area contributed by atoms with Crippen molar-refractivity contribution in [3.63, 3.8) is 0 Å². The maximum absolute atomic E-state index is 13.4. The van der Waals surface area contributed by atoms with Crippen LogP contribution in [-0.2, 0) is 11.2 Å². The quantitative estimate of drug-likeness (QED) is 0.536. The van der Waals surface area contributed by atoms with E-state index in [4.69, 9.17) is 4.42 Å². The van der Waals surface area contributed by atoms with E-state index in [2.05, 4.69) is 5.32 Å². The number of carbonyl (C=O) groups is 1. The van der Waals surface area contributed by atoms with Crippen LogP contribution >= 0.6 is 0 Å². The number of benzene rings is 3. The second-order valence-corrected chi connectivity index (χ2v) is 6.07. The van der Waals surface area contributed by atoms with E-state index < -0.39 is 0 Å². The van der Waals surface area contributed by atoms with Crippen LogP contribution in [0.4, 0.5) is 10.1 Å². The number of fused-ring (bicyclic) bond motifs is 1. The zero-order chi connectivity index (χ0) is 17.9. The second kappa shape index (κ2) is 6.84. The molecular weight excluding hydrogens is 329 g/mol. The van der Waals surface area contributed by atoms with Gasteiger partial charge in [0.2, 0.25) is 5.91 Å². The zero-order valence-corrected chi connectivity index (χ0v) is 13.9. The van der Waals surface area contributed by atoms with E-state index >= 15 is 0 Å². The summed E-state index contributed by atoms with van der Waals surface area (Å²) in [6, 6.07) is 22.0. The predicted molar refractivity (Wildman–Crippen MR) is 100 cm³/mol. The van der Waals surface area contributed by atoms with Gasteiger partial charge in [-0.2, -0.15) is 0 Å². The highest BCUT2D eigenvalue weighted by Crippen LogP contribution is 2.24. The molecular formula is C22H16FNO2. The summed E-state index contributed by atoms with van der Waals surface area (Å²) in [7, 11) is 0. The number of hydrogen-bond acceptors (Lipinski definition) is 2. The van der Waals surface area contributed by atoms with Gasteiger partial charge >= 0.3 is 0 Å². The fraction of sp³-hybridized carbons (Fsp3) is 0.0455. The Labute approximate surface area is 150 Å². The lowest BCUT2D eigenvalue weighted by Gasteiger charge is -2.06. The summed E-state index contributed by atoms with van der Waals surface area (Å²) < 4.78 is 18.8. The molecule has 0 bridgehead atoms. The summed E-state index contributed by atoms with van der Waals surface area (Å²) in [5.41, 5.74) is 4.16. The molecule has 1 N–H and O–H groups in total. The molecule has 0 atom stereocenters. The number of halogens is 1. The van der Waals surface area contributed by atoms with E-state index in [0.29, 0.717) is 22.2 Å². The third-order valence-corrected chi connectivity index (χ3v) is 4.24. The first-order valence-corrected chi connectivity index (χ1v) is 8.30. The molecule has 1 amide bonds. The average molecular weight is 345 g/mol. The molecule has 3 aromatic carbocycles.